The Bertz CT molecular complexity index is 812. The van der Waals surface area contributed by atoms with Crippen LogP contribution < -0.4 is 17.3 Å². The summed E-state index contributed by atoms with van der Waals surface area (Å²) in [5.74, 6) is 5.82. The van der Waals surface area contributed by atoms with Crippen molar-refractivity contribution in [3.8, 4) is 0 Å². The highest BCUT2D eigenvalue weighted by Gasteiger charge is 2.03. The van der Waals surface area contributed by atoms with Crippen LogP contribution >= 0.6 is 0 Å². The minimum Gasteiger partial charge on any atom is -0.461 e. The predicted molar refractivity (Wildman–Crippen MR) is 123 cm³/mol. The lowest BCUT2D eigenvalue weighted by Crippen LogP contribution is -2.30. The molecular weight excluding hydrogens is 400 g/mol. The molecule has 1 unspecified atom stereocenters. The molecule has 0 heterocycles. The number of nitrogens with two attached hydrogens (primary N) is 3. The number of carbonyl (C=O) groups excluding carboxylic acids is 1. The Morgan fingerprint density at radius 2 is 1.94 bits per heavy atom. The van der Waals surface area contributed by atoms with Crippen LogP contribution in [-0.4, -0.2) is 41.8 Å². The number of hydrogen-bond donors (Lipinski definition) is 3. The van der Waals surface area contributed by atoms with Crippen molar-refractivity contribution in [1.82, 2.24) is 5.01 Å². The molecule has 31 heavy (non-hydrogen) atoms. The van der Waals surface area contributed by atoms with Gasteiger partial charge in [-0.1, -0.05) is 29.8 Å². The van der Waals surface area contributed by atoms with Gasteiger partial charge in [-0.3, -0.25) is 19.9 Å². The van der Waals surface area contributed by atoms with Gasteiger partial charge in [-0.15, -0.1) is 0 Å². The summed E-state index contributed by atoms with van der Waals surface area (Å²) in [4.78, 5) is 24.1. The summed E-state index contributed by atoms with van der Waals surface area (Å²) in [7, 11) is 0. The van der Waals surface area contributed by atoms with Crippen molar-refractivity contribution in [2.24, 2.45) is 22.3 Å². The number of aliphatic imine (C=N–C) groups is 1. The second-order valence-electron chi connectivity index (χ2n) is 6.63. The first kappa shape index (κ1) is 27.3. The lowest BCUT2D eigenvalue weighted by atomic mass is 10.2. The zero-order valence-electron chi connectivity index (χ0n) is 18.4. The number of allylic oxidation sites excluding steroid dienone is 2. The van der Waals surface area contributed by atoms with Gasteiger partial charge in [0.15, 0.2) is 0 Å². The molecule has 6 N–H and O–H groups in total. The smallest absolute Gasteiger partial charge is 0.293 e. The molecule has 0 amide bonds. The normalized spacial score (nSPS) is 13.3. The molecule has 0 saturated heterocycles. The van der Waals surface area contributed by atoms with Crippen LogP contribution in [0.15, 0.2) is 64.6 Å². The van der Waals surface area contributed by atoms with E-state index in [-0.39, 0.29) is 18.3 Å². The molecule has 0 bridgehead atoms. The number of rotatable bonds is 10. The average Bonchev–Trinajstić information content (AvgIpc) is 2.70. The Kier molecular flexibility index (Phi) is 13.4. The summed E-state index contributed by atoms with van der Waals surface area (Å²) in [6.45, 7) is 8.23. The molecule has 0 spiro atoms. The number of nitro benzene ring substituents is 1. The number of nitro groups is 1. The maximum Gasteiger partial charge on any atom is 0.293 e. The monoisotopic (exact) mass is 432 g/mol. The van der Waals surface area contributed by atoms with Gasteiger partial charge in [-0.2, -0.15) is 0 Å². The molecule has 1 aromatic rings. The molecule has 0 saturated carbocycles. The fourth-order valence-electron chi connectivity index (χ4n) is 2.09. The summed E-state index contributed by atoms with van der Waals surface area (Å²) in [6.07, 6.45) is 7.09. The first-order valence-corrected chi connectivity index (χ1v) is 9.45. The van der Waals surface area contributed by atoms with E-state index in [4.69, 9.17) is 17.3 Å². The van der Waals surface area contributed by atoms with Crippen molar-refractivity contribution in [3.63, 3.8) is 0 Å². The Labute approximate surface area is 182 Å². The van der Waals surface area contributed by atoms with Crippen LogP contribution in [0.1, 0.15) is 26.3 Å². The van der Waals surface area contributed by atoms with Gasteiger partial charge in [-0.05, 0) is 27.7 Å². The van der Waals surface area contributed by atoms with Crippen LogP contribution in [0.4, 0.5) is 5.69 Å². The van der Waals surface area contributed by atoms with Gasteiger partial charge < -0.3 is 21.2 Å². The molecule has 0 aliphatic heterocycles. The number of nitrogens with zero attached hydrogens (tertiary/aromatic N) is 3. The van der Waals surface area contributed by atoms with E-state index in [1.807, 2.05) is 32.9 Å². The highest BCUT2D eigenvalue weighted by molar-refractivity contribution is 5.80. The maximum atomic E-state index is 10.1. The van der Waals surface area contributed by atoms with Gasteiger partial charge in [0, 0.05) is 35.8 Å². The zero-order valence-corrected chi connectivity index (χ0v) is 18.4. The third kappa shape index (κ3) is 13.2. The van der Waals surface area contributed by atoms with E-state index in [0.717, 1.165) is 11.1 Å². The number of hydrogen-bond acceptors (Lipinski definition) is 9. The number of hydrazine groups is 1. The van der Waals surface area contributed by atoms with E-state index in [1.54, 1.807) is 25.3 Å². The van der Waals surface area contributed by atoms with Crippen LogP contribution in [0.25, 0.3) is 0 Å². The van der Waals surface area contributed by atoms with Crippen LogP contribution in [-0.2, 0) is 9.53 Å². The van der Waals surface area contributed by atoms with Crippen LogP contribution in [0.3, 0.4) is 0 Å². The molecule has 1 rings (SSSR count). The van der Waals surface area contributed by atoms with Crippen molar-refractivity contribution in [2.75, 3.05) is 13.2 Å². The second-order valence-corrected chi connectivity index (χ2v) is 6.63. The molecule has 0 aliphatic rings. The molecule has 1 aromatic carbocycles. The van der Waals surface area contributed by atoms with E-state index in [9.17, 15) is 14.9 Å². The van der Waals surface area contributed by atoms with E-state index in [2.05, 4.69) is 9.73 Å². The van der Waals surface area contributed by atoms with Crippen LogP contribution in [0.5, 0.6) is 0 Å². The fourth-order valence-corrected chi connectivity index (χ4v) is 2.09. The highest BCUT2D eigenvalue weighted by Crippen LogP contribution is 2.10. The number of non-ortho nitro benzene ring substituents is 1. The highest BCUT2D eigenvalue weighted by atomic mass is 16.6. The Balaban J connectivity index is 0.000000743. The SMILES string of the molecule is CC=CC(C)N=C/C(CN(N)/C=C(\N)COC=O)=C(\C)N.Cc1ccc([N+](=O)[O-])cc1. The quantitative estimate of drug-likeness (QED) is 0.127. The topological polar surface area (TPSA) is 163 Å². The lowest BCUT2D eigenvalue weighted by molar-refractivity contribution is -0.384. The van der Waals surface area contributed by atoms with Crippen molar-refractivity contribution in [2.45, 2.75) is 33.7 Å². The fraction of sp³-hybridized carbons (Fsp3) is 0.333. The maximum absolute atomic E-state index is 10.1. The van der Waals surface area contributed by atoms with Crippen molar-refractivity contribution >= 4 is 18.4 Å². The van der Waals surface area contributed by atoms with Gasteiger partial charge >= 0.3 is 0 Å². The Hall–Kier alpha value is -3.66. The second kappa shape index (κ2) is 15.2. The van der Waals surface area contributed by atoms with Gasteiger partial charge in [0.1, 0.15) is 6.61 Å². The van der Waals surface area contributed by atoms with Crippen molar-refractivity contribution in [3.05, 3.63) is 75.3 Å². The molecule has 0 aliphatic carbocycles. The number of aryl methyl sites for hydroxylation is 1. The molecular formula is C21H32N6O4. The summed E-state index contributed by atoms with van der Waals surface area (Å²) in [5.41, 5.74) is 14.4. The molecule has 10 nitrogen and oxygen atoms in total. The minimum atomic E-state index is -0.403. The Morgan fingerprint density at radius 3 is 2.42 bits per heavy atom. The van der Waals surface area contributed by atoms with Gasteiger partial charge in [0.05, 0.1) is 23.2 Å². The average molecular weight is 433 g/mol. The summed E-state index contributed by atoms with van der Waals surface area (Å²) >= 11 is 0. The minimum absolute atomic E-state index is 0.00965. The largest absolute Gasteiger partial charge is 0.461 e. The van der Waals surface area contributed by atoms with Gasteiger partial charge in [0.2, 0.25) is 0 Å². The number of ether oxygens (including phenoxy) is 1. The van der Waals surface area contributed by atoms with Gasteiger partial charge in [0.25, 0.3) is 12.2 Å². The summed E-state index contributed by atoms with van der Waals surface area (Å²) < 4.78 is 4.53. The van der Waals surface area contributed by atoms with Gasteiger partial charge in [-0.25, -0.2) is 5.84 Å². The van der Waals surface area contributed by atoms with Crippen molar-refractivity contribution in [1.29, 1.82) is 0 Å². The summed E-state index contributed by atoms with van der Waals surface area (Å²) in [6, 6.07) is 6.50. The van der Waals surface area contributed by atoms with Crippen LogP contribution in [0.2, 0.25) is 0 Å². The zero-order chi connectivity index (χ0) is 23.8. The third-order valence-electron chi connectivity index (χ3n) is 3.69. The molecule has 10 heteroatoms. The molecule has 1 atom stereocenters. The molecule has 0 aromatic heterocycles. The van der Waals surface area contributed by atoms with Crippen LogP contribution in [0, 0.1) is 17.0 Å². The third-order valence-corrected chi connectivity index (χ3v) is 3.69. The molecule has 170 valence electrons. The van der Waals surface area contributed by atoms with E-state index >= 15 is 0 Å². The van der Waals surface area contributed by atoms with Crippen molar-refractivity contribution < 1.29 is 14.5 Å². The number of benzene rings is 1. The first-order chi connectivity index (χ1) is 14.6. The standard InChI is InChI=1S/C14H25N5O2.C7H7NO2/c1-4-5-11(2)18-6-13(12(3)15)7-19(17)8-14(16)9-21-10-20;1-6-2-4-7(5-3-6)8(9)10/h4-6,8,10-11H,7,9,15-17H2,1-3H3;2-5H,1H3/b5-4?,13-12-,14-8-,18-6?;. The van der Waals surface area contributed by atoms with E-state index in [1.165, 1.54) is 23.3 Å². The Morgan fingerprint density at radius 1 is 1.32 bits per heavy atom. The lowest BCUT2D eigenvalue weighted by Gasteiger charge is -2.16. The number of carbonyl (C=O) groups is 1. The van der Waals surface area contributed by atoms with E-state index in [0.29, 0.717) is 24.4 Å². The predicted octanol–water partition coefficient (Wildman–Crippen LogP) is 2.31. The van der Waals surface area contributed by atoms with E-state index < -0.39 is 4.92 Å². The summed E-state index contributed by atoms with van der Waals surface area (Å²) in [5, 5.41) is 11.5. The first-order valence-electron chi connectivity index (χ1n) is 9.45. The molecule has 0 radical (unpaired) electrons. The molecule has 0 fully saturated rings.